The molecule has 1 atom stereocenters. The van der Waals surface area contributed by atoms with E-state index in [0.717, 1.165) is 6.42 Å². The first-order chi connectivity index (χ1) is 8.45. The van der Waals surface area contributed by atoms with Crippen LogP contribution in [0.5, 0.6) is 0 Å². The van der Waals surface area contributed by atoms with Crippen LogP contribution in [0.2, 0.25) is 5.02 Å². The summed E-state index contributed by atoms with van der Waals surface area (Å²) in [7, 11) is 1.62. The third kappa shape index (κ3) is 3.96. The zero-order valence-corrected chi connectivity index (χ0v) is 11.4. The molecule has 0 saturated carbocycles. The number of rotatable bonds is 5. The molecule has 1 unspecified atom stereocenters. The van der Waals surface area contributed by atoms with Gasteiger partial charge in [-0.25, -0.2) is 4.39 Å². The molecule has 1 amide bonds. The van der Waals surface area contributed by atoms with Crippen molar-refractivity contribution in [3.8, 4) is 0 Å². The van der Waals surface area contributed by atoms with E-state index in [-0.39, 0.29) is 24.9 Å². The highest BCUT2D eigenvalue weighted by Crippen LogP contribution is 2.20. The molecule has 0 heterocycles. The SMILES string of the molecule is CCC(N)CC(=O)N(C)Cc1c(F)cccc1Cl. The van der Waals surface area contributed by atoms with Crippen molar-refractivity contribution < 1.29 is 9.18 Å². The predicted molar refractivity (Wildman–Crippen MR) is 70.8 cm³/mol. The van der Waals surface area contributed by atoms with E-state index < -0.39 is 5.82 Å². The first-order valence-corrected chi connectivity index (χ1v) is 6.26. The van der Waals surface area contributed by atoms with Crippen LogP contribution in [-0.2, 0) is 11.3 Å². The Balaban J connectivity index is 2.70. The van der Waals surface area contributed by atoms with E-state index in [0.29, 0.717) is 10.6 Å². The molecule has 0 fully saturated rings. The highest BCUT2D eigenvalue weighted by molar-refractivity contribution is 6.31. The van der Waals surface area contributed by atoms with Crippen molar-refractivity contribution in [3.63, 3.8) is 0 Å². The topological polar surface area (TPSA) is 46.3 Å². The Kier molecular flexibility index (Phi) is 5.56. The lowest BCUT2D eigenvalue weighted by molar-refractivity contribution is -0.130. The summed E-state index contributed by atoms with van der Waals surface area (Å²) in [5.41, 5.74) is 6.05. The molecule has 1 rings (SSSR count). The van der Waals surface area contributed by atoms with Crippen LogP contribution in [-0.4, -0.2) is 23.9 Å². The lowest BCUT2D eigenvalue weighted by atomic mass is 10.1. The van der Waals surface area contributed by atoms with Crippen LogP contribution in [0.1, 0.15) is 25.3 Å². The van der Waals surface area contributed by atoms with E-state index in [1.165, 1.54) is 17.0 Å². The lowest BCUT2D eigenvalue weighted by Crippen LogP contribution is -2.32. The summed E-state index contributed by atoms with van der Waals surface area (Å²) in [6.07, 6.45) is 0.999. The van der Waals surface area contributed by atoms with E-state index in [1.807, 2.05) is 6.92 Å². The zero-order chi connectivity index (χ0) is 13.7. The second-order valence-electron chi connectivity index (χ2n) is 4.32. The quantitative estimate of drug-likeness (QED) is 0.895. The fraction of sp³-hybridized carbons (Fsp3) is 0.462. The molecule has 1 aromatic carbocycles. The van der Waals surface area contributed by atoms with Gasteiger partial charge >= 0.3 is 0 Å². The highest BCUT2D eigenvalue weighted by atomic mass is 35.5. The summed E-state index contributed by atoms with van der Waals surface area (Å²) < 4.78 is 13.6. The van der Waals surface area contributed by atoms with Gasteiger partial charge in [-0.2, -0.15) is 0 Å². The van der Waals surface area contributed by atoms with Crippen molar-refractivity contribution >= 4 is 17.5 Å². The van der Waals surface area contributed by atoms with Crippen LogP contribution in [0.25, 0.3) is 0 Å². The smallest absolute Gasteiger partial charge is 0.224 e. The Morgan fingerprint density at radius 2 is 2.22 bits per heavy atom. The minimum Gasteiger partial charge on any atom is -0.341 e. The molecule has 0 aliphatic carbocycles. The van der Waals surface area contributed by atoms with Crippen molar-refractivity contribution in [2.24, 2.45) is 5.73 Å². The number of halogens is 2. The van der Waals surface area contributed by atoms with Crippen molar-refractivity contribution in [2.75, 3.05) is 7.05 Å². The maximum Gasteiger partial charge on any atom is 0.224 e. The van der Waals surface area contributed by atoms with Gasteiger partial charge in [0.2, 0.25) is 5.91 Å². The summed E-state index contributed by atoms with van der Waals surface area (Å²) in [4.78, 5) is 13.3. The number of hydrogen-bond donors (Lipinski definition) is 1. The van der Waals surface area contributed by atoms with E-state index in [1.54, 1.807) is 13.1 Å². The third-order valence-corrected chi connectivity index (χ3v) is 3.20. The largest absolute Gasteiger partial charge is 0.341 e. The number of hydrogen-bond acceptors (Lipinski definition) is 2. The van der Waals surface area contributed by atoms with Crippen molar-refractivity contribution in [2.45, 2.75) is 32.4 Å². The molecule has 100 valence electrons. The standard InChI is InChI=1S/C13H18ClFN2O/c1-3-9(16)7-13(18)17(2)8-10-11(14)5-4-6-12(10)15/h4-6,9H,3,7-8,16H2,1-2H3. The van der Waals surface area contributed by atoms with E-state index in [2.05, 4.69) is 0 Å². The molecular weight excluding hydrogens is 255 g/mol. The van der Waals surface area contributed by atoms with Gasteiger partial charge in [0.05, 0.1) is 0 Å². The Labute approximate surface area is 112 Å². The molecule has 2 N–H and O–H groups in total. The summed E-state index contributed by atoms with van der Waals surface area (Å²) in [5, 5.41) is 0.328. The Hall–Kier alpha value is -1.13. The van der Waals surface area contributed by atoms with Crippen LogP contribution in [0.15, 0.2) is 18.2 Å². The highest BCUT2D eigenvalue weighted by Gasteiger charge is 2.16. The average Bonchev–Trinajstić information content (AvgIpc) is 2.33. The summed E-state index contributed by atoms with van der Waals surface area (Å²) in [6.45, 7) is 2.08. The predicted octanol–water partition coefficient (Wildman–Crippen LogP) is 2.56. The summed E-state index contributed by atoms with van der Waals surface area (Å²) in [5.74, 6) is -0.509. The van der Waals surface area contributed by atoms with Gasteiger partial charge in [-0.3, -0.25) is 4.79 Å². The minimum absolute atomic E-state index is 0.108. The lowest BCUT2D eigenvalue weighted by Gasteiger charge is -2.20. The van der Waals surface area contributed by atoms with Crippen molar-refractivity contribution in [3.05, 3.63) is 34.6 Å². The minimum atomic E-state index is -0.401. The Bertz CT molecular complexity index is 405. The second-order valence-corrected chi connectivity index (χ2v) is 4.73. The zero-order valence-electron chi connectivity index (χ0n) is 10.6. The normalized spacial score (nSPS) is 12.3. The molecule has 5 heteroatoms. The summed E-state index contributed by atoms with van der Waals surface area (Å²) in [6, 6.07) is 4.32. The average molecular weight is 273 g/mol. The van der Waals surface area contributed by atoms with Crippen molar-refractivity contribution in [1.82, 2.24) is 4.90 Å². The first kappa shape index (κ1) is 14.9. The molecule has 0 spiro atoms. The number of nitrogens with two attached hydrogens (primary N) is 1. The molecule has 0 radical (unpaired) electrons. The van der Waals surface area contributed by atoms with Crippen LogP contribution in [0.3, 0.4) is 0 Å². The van der Waals surface area contributed by atoms with Gasteiger partial charge in [0.15, 0.2) is 0 Å². The molecular formula is C13H18ClFN2O. The van der Waals surface area contributed by atoms with Gasteiger partial charge in [-0.05, 0) is 18.6 Å². The molecule has 0 aliphatic heterocycles. The molecule has 18 heavy (non-hydrogen) atoms. The molecule has 0 saturated heterocycles. The molecule has 1 aromatic rings. The number of nitrogens with zero attached hydrogens (tertiary/aromatic N) is 1. The monoisotopic (exact) mass is 272 g/mol. The maximum absolute atomic E-state index is 13.6. The number of amides is 1. The van der Waals surface area contributed by atoms with Gasteiger partial charge in [-0.1, -0.05) is 24.6 Å². The fourth-order valence-corrected chi connectivity index (χ4v) is 1.76. The Morgan fingerprint density at radius 1 is 1.56 bits per heavy atom. The second kappa shape index (κ2) is 6.71. The molecule has 0 bridgehead atoms. The van der Waals surface area contributed by atoms with Crippen LogP contribution < -0.4 is 5.73 Å². The molecule has 0 aromatic heterocycles. The number of benzene rings is 1. The molecule has 3 nitrogen and oxygen atoms in total. The Morgan fingerprint density at radius 3 is 2.78 bits per heavy atom. The maximum atomic E-state index is 13.6. The van der Waals surface area contributed by atoms with Gasteiger partial charge in [0.25, 0.3) is 0 Å². The fourth-order valence-electron chi connectivity index (χ4n) is 1.53. The van der Waals surface area contributed by atoms with Gasteiger partial charge in [0.1, 0.15) is 5.82 Å². The third-order valence-electron chi connectivity index (χ3n) is 2.84. The van der Waals surface area contributed by atoms with E-state index >= 15 is 0 Å². The van der Waals surface area contributed by atoms with Crippen LogP contribution in [0, 0.1) is 5.82 Å². The van der Waals surface area contributed by atoms with Gasteiger partial charge in [0, 0.05) is 36.6 Å². The molecule has 0 aliphatic rings. The van der Waals surface area contributed by atoms with Crippen LogP contribution >= 0.6 is 11.6 Å². The summed E-state index contributed by atoms with van der Waals surface area (Å²) >= 11 is 5.91. The van der Waals surface area contributed by atoms with Crippen LogP contribution in [0.4, 0.5) is 4.39 Å². The van der Waals surface area contributed by atoms with Crippen molar-refractivity contribution in [1.29, 1.82) is 0 Å². The van der Waals surface area contributed by atoms with E-state index in [9.17, 15) is 9.18 Å². The van der Waals surface area contributed by atoms with E-state index in [4.69, 9.17) is 17.3 Å². The first-order valence-electron chi connectivity index (χ1n) is 5.88. The number of carbonyl (C=O) groups is 1. The van der Waals surface area contributed by atoms with Gasteiger partial charge < -0.3 is 10.6 Å². The van der Waals surface area contributed by atoms with Gasteiger partial charge in [-0.15, -0.1) is 0 Å². The number of carbonyl (C=O) groups excluding carboxylic acids is 1.